The zero-order chi connectivity index (χ0) is 18.4. The maximum atomic E-state index is 13.1. The SMILES string of the molecule is Cc1ccc(NC(=O)CNC(=O)CCc2ccc(F)c(F)c2)c(Cl)c1. The zero-order valence-corrected chi connectivity index (χ0v) is 14.3. The van der Waals surface area contributed by atoms with E-state index in [1.165, 1.54) is 6.07 Å². The average Bonchev–Trinajstić information content (AvgIpc) is 2.56. The summed E-state index contributed by atoms with van der Waals surface area (Å²) in [4.78, 5) is 23.6. The molecule has 0 bridgehead atoms. The third kappa shape index (κ3) is 5.83. The lowest BCUT2D eigenvalue weighted by atomic mass is 10.1. The number of carbonyl (C=O) groups is 2. The van der Waals surface area contributed by atoms with E-state index in [2.05, 4.69) is 10.6 Å². The molecule has 132 valence electrons. The van der Waals surface area contributed by atoms with Crippen LogP contribution >= 0.6 is 11.6 Å². The lowest BCUT2D eigenvalue weighted by Crippen LogP contribution is -2.33. The van der Waals surface area contributed by atoms with Gasteiger partial charge >= 0.3 is 0 Å². The fourth-order valence-corrected chi connectivity index (χ4v) is 2.42. The Morgan fingerprint density at radius 2 is 1.80 bits per heavy atom. The van der Waals surface area contributed by atoms with Gasteiger partial charge in [-0.25, -0.2) is 8.78 Å². The van der Waals surface area contributed by atoms with Gasteiger partial charge in [-0.05, 0) is 48.7 Å². The predicted octanol–water partition coefficient (Wildman–Crippen LogP) is 3.61. The van der Waals surface area contributed by atoms with Crippen LogP contribution in [0.5, 0.6) is 0 Å². The second-order valence-corrected chi connectivity index (χ2v) is 5.96. The summed E-state index contributed by atoms with van der Waals surface area (Å²) < 4.78 is 25.9. The number of hydrogen-bond acceptors (Lipinski definition) is 2. The Hall–Kier alpha value is -2.47. The van der Waals surface area contributed by atoms with Crippen LogP contribution in [0.1, 0.15) is 17.5 Å². The molecule has 0 spiro atoms. The smallest absolute Gasteiger partial charge is 0.243 e. The minimum Gasteiger partial charge on any atom is -0.347 e. The number of halogens is 3. The van der Waals surface area contributed by atoms with Crippen LogP contribution in [0.25, 0.3) is 0 Å². The number of anilines is 1. The van der Waals surface area contributed by atoms with Gasteiger partial charge in [0.2, 0.25) is 11.8 Å². The largest absolute Gasteiger partial charge is 0.347 e. The highest BCUT2D eigenvalue weighted by Gasteiger charge is 2.09. The minimum absolute atomic E-state index is 0.0592. The molecule has 7 heteroatoms. The molecule has 0 radical (unpaired) electrons. The normalized spacial score (nSPS) is 10.4. The number of nitrogens with one attached hydrogen (secondary N) is 2. The minimum atomic E-state index is -0.952. The third-order valence-corrected chi connectivity index (χ3v) is 3.78. The lowest BCUT2D eigenvalue weighted by Gasteiger charge is -2.09. The van der Waals surface area contributed by atoms with E-state index in [9.17, 15) is 18.4 Å². The molecule has 0 atom stereocenters. The summed E-state index contributed by atoms with van der Waals surface area (Å²) in [5, 5.41) is 5.49. The van der Waals surface area contributed by atoms with Gasteiger partial charge in [-0.1, -0.05) is 23.7 Å². The maximum Gasteiger partial charge on any atom is 0.243 e. The van der Waals surface area contributed by atoms with Gasteiger partial charge in [-0.15, -0.1) is 0 Å². The molecule has 0 saturated heterocycles. The highest BCUT2D eigenvalue weighted by Crippen LogP contribution is 2.22. The van der Waals surface area contributed by atoms with Crippen molar-refractivity contribution in [2.24, 2.45) is 0 Å². The molecular formula is C18H17ClF2N2O2. The van der Waals surface area contributed by atoms with Gasteiger partial charge < -0.3 is 10.6 Å². The first-order valence-electron chi connectivity index (χ1n) is 7.62. The monoisotopic (exact) mass is 366 g/mol. The van der Waals surface area contributed by atoms with Crippen LogP contribution < -0.4 is 10.6 Å². The van der Waals surface area contributed by atoms with Crippen molar-refractivity contribution in [3.8, 4) is 0 Å². The summed E-state index contributed by atoms with van der Waals surface area (Å²) in [5.41, 5.74) is 1.94. The van der Waals surface area contributed by atoms with E-state index in [1.54, 1.807) is 12.1 Å². The average molecular weight is 367 g/mol. The molecule has 0 heterocycles. The molecule has 2 rings (SSSR count). The summed E-state index contributed by atoms with van der Waals surface area (Å²) >= 11 is 6.02. The second kappa shape index (κ2) is 8.58. The van der Waals surface area contributed by atoms with E-state index in [4.69, 9.17) is 11.6 Å². The van der Waals surface area contributed by atoms with E-state index in [0.29, 0.717) is 16.3 Å². The Kier molecular flexibility index (Phi) is 6.47. The molecule has 2 amide bonds. The van der Waals surface area contributed by atoms with Crippen LogP contribution in [0.15, 0.2) is 36.4 Å². The fraction of sp³-hybridized carbons (Fsp3) is 0.222. The van der Waals surface area contributed by atoms with Crippen LogP contribution in [-0.4, -0.2) is 18.4 Å². The van der Waals surface area contributed by atoms with E-state index in [1.807, 2.05) is 13.0 Å². The summed E-state index contributed by atoms with van der Waals surface area (Å²) in [7, 11) is 0. The van der Waals surface area contributed by atoms with Gasteiger partial charge in [0.15, 0.2) is 11.6 Å². The summed E-state index contributed by atoms with van der Waals surface area (Å²) in [5.74, 6) is -2.66. The quantitative estimate of drug-likeness (QED) is 0.820. The van der Waals surface area contributed by atoms with E-state index >= 15 is 0 Å². The Morgan fingerprint density at radius 3 is 2.48 bits per heavy atom. The molecule has 0 aliphatic carbocycles. The number of aryl methyl sites for hydroxylation is 2. The molecule has 25 heavy (non-hydrogen) atoms. The number of rotatable bonds is 6. The third-order valence-electron chi connectivity index (χ3n) is 3.47. The zero-order valence-electron chi connectivity index (χ0n) is 13.5. The van der Waals surface area contributed by atoms with Crippen LogP contribution in [0.4, 0.5) is 14.5 Å². The van der Waals surface area contributed by atoms with E-state index in [0.717, 1.165) is 17.7 Å². The van der Waals surface area contributed by atoms with Crippen molar-refractivity contribution >= 4 is 29.1 Å². The maximum absolute atomic E-state index is 13.1. The number of hydrogen-bond donors (Lipinski definition) is 2. The van der Waals surface area contributed by atoms with Gasteiger partial charge in [-0.3, -0.25) is 9.59 Å². The summed E-state index contributed by atoms with van der Waals surface area (Å²) in [6.45, 7) is 1.67. The number of benzene rings is 2. The van der Waals surface area contributed by atoms with Crippen molar-refractivity contribution in [2.75, 3.05) is 11.9 Å². The molecule has 4 nitrogen and oxygen atoms in total. The number of carbonyl (C=O) groups excluding carboxylic acids is 2. The predicted molar refractivity (Wildman–Crippen MR) is 92.5 cm³/mol. The number of amides is 2. The van der Waals surface area contributed by atoms with E-state index < -0.39 is 17.5 Å². The van der Waals surface area contributed by atoms with Gasteiger partial charge in [0.25, 0.3) is 0 Å². The summed E-state index contributed by atoms with van der Waals surface area (Å²) in [6.07, 6.45) is 0.304. The van der Waals surface area contributed by atoms with Crippen LogP contribution in [0, 0.1) is 18.6 Å². The van der Waals surface area contributed by atoms with Gasteiger partial charge in [-0.2, -0.15) is 0 Å². The molecule has 2 aromatic rings. The van der Waals surface area contributed by atoms with Crippen molar-refractivity contribution in [3.63, 3.8) is 0 Å². The molecule has 0 fully saturated rings. The van der Waals surface area contributed by atoms with Gasteiger partial charge in [0, 0.05) is 6.42 Å². The van der Waals surface area contributed by atoms with Crippen molar-refractivity contribution < 1.29 is 18.4 Å². The Balaban J connectivity index is 1.77. The standard InChI is InChI=1S/C18H17ClF2N2O2/c1-11-2-6-16(13(19)8-11)23-18(25)10-22-17(24)7-4-12-3-5-14(20)15(21)9-12/h2-3,5-6,8-9H,4,7,10H2,1H3,(H,22,24)(H,23,25). The molecule has 0 saturated carbocycles. The topological polar surface area (TPSA) is 58.2 Å². The molecule has 2 aromatic carbocycles. The first kappa shape index (κ1) is 18.9. The van der Waals surface area contributed by atoms with Crippen molar-refractivity contribution in [1.82, 2.24) is 5.32 Å². The van der Waals surface area contributed by atoms with Crippen molar-refractivity contribution in [3.05, 3.63) is 64.2 Å². The molecular weight excluding hydrogens is 350 g/mol. The van der Waals surface area contributed by atoms with Crippen LogP contribution in [0.3, 0.4) is 0 Å². The molecule has 0 aromatic heterocycles. The highest BCUT2D eigenvalue weighted by atomic mass is 35.5. The fourth-order valence-electron chi connectivity index (χ4n) is 2.14. The highest BCUT2D eigenvalue weighted by molar-refractivity contribution is 6.33. The summed E-state index contributed by atoms with van der Waals surface area (Å²) in [6, 6.07) is 8.69. The Labute approximate surface area is 149 Å². The second-order valence-electron chi connectivity index (χ2n) is 5.56. The molecule has 2 N–H and O–H groups in total. The molecule has 0 unspecified atom stereocenters. The Bertz CT molecular complexity index is 797. The van der Waals surface area contributed by atoms with Crippen molar-refractivity contribution in [1.29, 1.82) is 0 Å². The first-order valence-corrected chi connectivity index (χ1v) is 7.99. The van der Waals surface area contributed by atoms with Crippen LogP contribution in [0.2, 0.25) is 5.02 Å². The van der Waals surface area contributed by atoms with Gasteiger partial charge in [0.1, 0.15) is 0 Å². The van der Waals surface area contributed by atoms with Gasteiger partial charge in [0.05, 0.1) is 17.3 Å². The molecule has 0 aliphatic heterocycles. The van der Waals surface area contributed by atoms with E-state index in [-0.39, 0.29) is 25.3 Å². The van der Waals surface area contributed by atoms with Crippen LogP contribution in [-0.2, 0) is 16.0 Å². The lowest BCUT2D eigenvalue weighted by molar-refractivity contribution is -0.124. The first-order chi connectivity index (χ1) is 11.8. The Morgan fingerprint density at radius 1 is 1.04 bits per heavy atom. The molecule has 0 aliphatic rings. The van der Waals surface area contributed by atoms with Crippen molar-refractivity contribution in [2.45, 2.75) is 19.8 Å².